The molecular weight excluding hydrogens is 585 g/mol. The molecule has 0 atom stereocenters. The Bertz CT molecular complexity index is 1520. The molecule has 2 aromatic heterocycles. The van der Waals surface area contributed by atoms with E-state index in [1.54, 1.807) is 11.1 Å². The van der Waals surface area contributed by atoms with Gasteiger partial charge >= 0.3 is 0 Å². The number of ether oxygens (including phenoxy) is 2. The zero-order valence-corrected chi connectivity index (χ0v) is 27.5. The second-order valence-corrected chi connectivity index (χ2v) is 13.2. The Morgan fingerprint density at radius 1 is 1.15 bits per heavy atom. The van der Waals surface area contributed by atoms with E-state index in [4.69, 9.17) is 14.5 Å². The summed E-state index contributed by atoms with van der Waals surface area (Å²) in [5.41, 5.74) is 2.78. The maximum absolute atomic E-state index is 14.3. The van der Waals surface area contributed by atoms with Gasteiger partial charge in [0.15, 0.2) is 11.6 Å². The van der Waals surface area contributed by atoms with Crippen LogP contribution < -0.4 is 19.7 Å². The Kier molecular flexibility index (Phi) is 9.70. The SMILES string of the molecule is CCN(C(=O)c1cc(F)ccc1Oc1cncnc1N1CC2(CC(Oc3ccnc4c3CCN(CCCCNC)C4)C2)C1)C(C)C. The lowest BCUT2D eigenvalue weighted by molar-refractivity contribution is -0.0350. The molecule has 246 valence electrons. The third kappa shape index (κ3) is 6.80. The summed E-state index contributed by atoms with van der Waals surface area (Å²) < 4.78 is 27.1. The highest BCUT2D eigenvalue weighted by molar-refractivity contribution is 5.97. The highest BCUT2D eigenvalue weighted by atomic mass is 19.1. The average molecular weight is 632 g/mol. The van der Waals surface area contributed by atoms with E-state index in [2.05, 4.69) is 25.1 Å². The number of hydrogen-bond acceptors (Lipinski definition) is 9. The molecule has 1 aliphatic carbocycles. The molecule has 2 fully saturated rings. The number of nitrogens with one attached hydrogen (secondary N) is 1. The Morgan fingerprint density at radius 3 is 2.74 bits per heavy atom. The quantitative estimate of drug-likeness (QED) is 0.259. The van der Waals surface area contributed by atoms with Gasteiger partial charge in [-0.25, -0.2) is 14.4 Å². The first-order valence-electron chi connectivity index (χ1n) is 16.6. The van der Waals surface area contributed by atoms with Crippen LogP contribution in [0.1, 0.15) is 68.1 Å². The monoisotopic (exact) mass is 631 g/mol. The number of nitrogens with zero attached hydrogens (tertiary/aromatic N) is 6. The van der Waals surface area contributed by atoms with Crippen LogP contribution in [0.3, 0.4) is 0 Å². The molecule has 11 heteroatoms. The molecule has 10 nitrogen and oxygen atoms in total. The molecule has 1 saturated carbocycles. The number of halogens is 1. The van der Waals surface area contributed by atoms with Gasteiger partial charge in [0.05, 0.1) is 17.5 Å². The Hall–Kier alpha value is -3.83. The number of carbonyl (C=O) groups excluding carboxylic acids is 1. The number of unbranched alkanes of at least 4 members (excludes halogenated alkanes) is 1. The van der Waals surface area contributed by atoms with Gasteiger partial charge in [0.2, 0.25) is 0 Å². The molecule has 1 N–H and O–H groups in total. The minimum atomic E-state index is -0.489. The molecule has 6 rings (SSSR count). The lowest BCUT2D eigenvalue weighted by atomic mass is 9.61. The van der Waals surface area contributed by atoms with Gasteiger partial charge in [-0.1, -0.05) is 0 Å². The van der Waals surface area contributed by atoms with E-state index in [-0.39, 0.29) is 34.8 Å². The van der Waals surface area contributed by atoms with Crippen molar-refractivity contribution in [2.45, 2.75) is 71.6 Å². The summed E-state index contributed by atoms with van der Waals surface area (Å²) in [5, 5.41) is 3.22. The summed E-state index contributed by atoms with van der Waals surface area (Å²) in [6.45, 7) is 12.1. The van der Waals surface area contributed by atoms with Crippen molar-refractivity contribution in [3.05, 3.63) is 65.6 Å². The van der Waals surface area contributed by atoms with Crippen LogP contribution in [0.4, 0.5) is 10.2 Å². The first-order valence-corrected chi connectivity index (χ1v) is 16.6. The number of anilines is 1. The molecule has 0 unspecified atom stereocenters. The number of aromatic nitrogens is 3. The summed E-state index contributed by atoms with van der Waals surface area (Å²) in [4.78, 5) is 33.1. The van der Waals surface area contributed by atoms with Crippen molar-refractivity contribution in [1.82, 2.24) is 30.1 Å². The second kappa shape index (κ2) is 13.9. The summed E-state index contributed by atoms with van der Waals surface area (Å²) in [6, 6.07) is 6.03. The van der Waals surface area contributed by atoms with Gasteiger partial charge in [-0.3, -0.25) is 14.7 Å². The van der Waals surface area contributed by atoms with Crippen LogP contribution in [0, 0.1) is 11.2 Å². The number of fused-ring (bicyclic) bond motifs is 1. The van der Waals surface area contributed by atoms with Gasteiger partial charge < -0.3 is 24.6 Å². The molecular formula is C35H46FN7O3. The van der Waals surface area contributed by atoms with Crippen LogP contribution in [0.15, 0.2) is 43.0 Å². The maximum Gasteiger partial charge on any atom is 0.257 e. The summed E-state index contributed by atoms with van der Waals surface area (Å²) in [7, 11) is 2.00. The first-order chi connectivity index (χ1) is 22.3. The van der Waals surface area contributed by atoms with Crippen molar-refractivity contribution in [2.24, 2.45) is 5.41 Å². The highest BCUT2D eigenvalue weighted by Gasteiger charge is 2.54. The Balaban J connectivity index is 1.06. The minimum absolute atomic E-state index is 0.0330. The molecule has 2 aliphatic heterocycles. The fourth-order valence-electron chi connectivity index (χ4n) is 7.15. The summed E-state index contributed by atoms with van der Waals surface area (Å²) in [6.07, 6.45) is 10.5. The van der Waals surface area contributed by atoms with Gasteiger partial charge in [0.25, 0.3) is 5.91 Å². The van der Waals surface area contributed by atoms with E-state index in [1.165, 1.54) is 42.9 Å². The molecule has 3 aromatic rings. The third-order valence-corrected chi connectivity index (χ3v) is 9.55. The normalized spacial score (nSPS) is 17.4. The van der Waals surface area contributed by atoms with Crippen molar-refractivity contribution in [3.63, 3.8) is 0 Å². The number of amides is 1. The van der Waals surface area contributed by atoms with E-state index in [9.17, 15) is 9.18 Å². The zero-order chi connectivity index (χ0) is 32.3. The van der Waals surface area contributed by atoms with E-state index in [1.807, 2.05) is 40.1 Å². The smallest absolute Gasteiger partial charge is 0.257 e. The lowest BCUT2D eigenvalue weighted by Crippen LogP contribution is -2.65. The number of rotatable bonds is 13. The van der Waals surface area contributed by atoms with Crippen LogP contribution >= 0.6 is 0 Å². The largest absolute Gasteiger partial charge is 0.490 e. The zero-order valence-electron chi connectivity index (χ0n) is 27.5. The van der Waals surface area contributed by atoms with Crippen molar-refractivity contribution in [2.75, 3.05) is 51.2 Å². The molecule has 4 heterocycles. The van der Waals surface area contributed by atoms with Crippen molar-refractivity contribution < 1.29 is 18.7 Å². The Labute approximate surface area is 271 Å². The predicted octanol–water partition coefficient (Wildman–Crippen LogP) is 5.08. The second-order valence-electron chi connectivity index (χ2n) is 13.2. The van der Waals surface area contributed by atoms with Crippen molar-refractivity contribution >= 4 is 11.7 Å². The van der Waals surface area contributed by atoms with Crippen molar-refractivity contribution in [1.29, 1.82) is 0 Å². The van der Waals surface area contributed by atoms with Crippen LogP contribution in [0.25, 0.3) is 0 Å². The summed E-state index contributed by atoms with van der Waals surface area (Å²) >= 11 is 0. The average Bonchev–Trinajstić information content (AvgIpc) is 3.01. The molecule has 1 amide bonds. The van der Waals surface area contributed by atoms with Gasteiger partial charge in [-0.05, 0) is 97.3 Å². The number of pyridine rings is 1. The van der Waals surface area contributed by atoms with E-state index >= 15 is 0 Å². The number of hydrogen-bond donors (Lipinski definition) is 1. The lowest BCUT2D eigenvalue weighted by Gasteiger charge is -2.59. The fourth-order valence-corrected chi connectivity index (χ4v) is 7.15. The summed E-state index contributed by atoms with van der Waals surface area (Å²) in [5.74, 6) is 1.62. The van der Waals surface area contributed by atoms with Crippen LogP contribution in [0.5, 0.6) is 17.2 Å². The van der Waals surface area contributed by atoms with Crippen LogP contribution in [-0.4, -0.2) is 89.1 Å². The van der Waals surface area contributed by atoms with Gasteiger partial charge in [-0.2, -0.15) is 0 Å². The number of carbonyl (C=O) groups is 1. The van der Waals surface area contributed by atoms with E-state index in [0.717, 1.165) is 70.0 Å². The fraction of sp³-hybridized carbons (Fsp3) is 0.543. The topological polar surface area (TPSA) is 96.0 Å². The first kappa shape index (κ1) is 32.1. The molecule has 46 heavy (non-hydrogen) atoms. The van der Waals surface area contributed by atoms with E-state index < -0.39 is 5.82 Å². The Morgan fingerprint density at radius 2 is 1.98 bits per heavy atom. The van der Waals surface area contributed by atoms with Gasteiger partial charge in [0.1, 0.15) is 29.7 Å². The molecule has 0 bridgehead atoms. The molecule has 1 saturated heterocycles. The molecule has 3 aliphatic rings. The third-order valence-electron chi connectivity index (χ3n) is 9.55. The standard InChI is InChI=1S/C35H46FN7O3/c1-5-43(24(2)3)34(44)28-16-25(36)8-9-30(28)46-32-19-38-23-40-33(32)42-21-35(22-42)17-26(18-35)45-31-10-13-39-29-20-41(15-11-27(29)31)14-7-6-12-37-4/h8-10,13,16,19,23-24,26,37H,5-7,11-12,14-15,17-18,20-22H2,1-4H3. The highest BCUT2D eigenvalue weighted by Crippen LogP contribution is 2.52. The molecule has 1 spiro atoms. The molecule has 1 aromatic carbocycles. The van der Waals surface area contributed by atoms with Crippen molar-refractivity contribution in [3.8, 4) is 17.2 Å². The maximum atomic E-state index is 14.3. The number of benzene rings is 1. The molecule has 0 radical (unpaired) electrons. The van der Waals surface area contributed by atoms with E-state index in [0.29, 0.717) is 18.1 Å². The van der Waals surface area contributed by atoms with Gasteiger partial charge in [-0.15, -0.1) is 0 Å². The predicted molar refractivity (Wildman–Crippen MR) is 175 cm³/mol. The van der Waals surface area contributed by atoms with Gasteiger partial charge in [0, 0.05) is 55.9 Å². The van der Waals surface area contributed by atoms with Crippen LogP contribution in [-0.2, 0) is 13.0 Å². The minimum Gasteiger partial charge on any atom is -0.490 e. The van der Waals surface area contributed by atoms with Crippen LogP contribution in [0.2, 0.25) is 0 Å².